The zero-order chi connectivity index (χ0) is 44.9. The van der Waals surface area contributed by atoms with Crippen molar-refractivity contribution in [3.05, 3.63) is 48.6 Å². The van der Waals surface area contributed by atoms with Crippen LogP contribution in [0.4, 0.5) is 0 Å². The number of amides is 1. The van der Waals surface area contributed by atoms with Gasteiger partial charge in [-0.2, -0.15) is 0 Å². The van der Waals surface area contributed by atoms with Crippen LogP contribution in [0.3, 0.4) is 0 Å². The molecular weight excluding hydrogens is 794 g/mol. The zero-order valence-electron chi connectivity index (χ0n) is 38.5. The zero-order valence-corrected chi connectivity index (χ0v) is 39.4. The molecule has 0 saturated heterocycles. The summed E-state index contributed by atoms with van der Waals surface area (Å²) in [5.41, 5.74) is 0. The van der Waals surface area contributed by atoms with Crippen LogP contribution in [-0.2, 0) is 32.7 Å². The summed E-state index contributed by atoms with van der Waals surface area (Å²) in [7, 11) is -4.76. The van der Waals surface area contributed by atoms with Gasteiger partial charge in [-0.3, -0.25) is 18.6 Å². The van der Waals surface area contributed by atoms with Crippen molar-refractivity contribution < 1.29 is 47.8 Å². The van der Waals surface area contributed by atoms with E-state index in [1.165, 1.54) is 89.9 Å². The lowest BCUT2D eigenvalue weighted by Gasteiger charge is -2.18. The van der Waals surface area contributed by atoms with Gasteiger partial charge in [0, 0.05) is 12.8 Å². The number of phosphoric ester groups is 1. The summed E-state index contributed by atoms with van der Waals surface area (Å²) in [6, 6.07) is -1.55. The number of rotatable bonds is 45. The van der Waals surface area contributed by atoms with Gasteiger partial charge in [0.2, 0.25) is 5.91 Å². The van der Waals surface area contributed by atoms with Gasteiger partial charge in [-0.05, 0) is 77.0 Å². The topological polar surface area (TPSA) is 169 Å². The molecule has 3 unspecified atom stereocenters. The lowest BCUT2D eigenvalue weighted by Crippen LogP contribution is -2.43. The summed E-state index contributed by atoms with van der Waals surface area (Å²) in [5, 5.41) is 21.9. The van der Waals surface area contributed by atoms with E-state index in [1.54, 1.807) is 0 Å². The summed E-state index contributed by atoms with van der Waals surface area (Å²) in [6.45, 7) is 2.56. The van der Waals surface area contributed by atoms with Crippen LogP contribution in [-0.4, -0.2) is 64.9 Å². The minimum absolute atomic E-state index is 0.135. The molecule has 0 aromatic carbocycles. The second-order valence-corrected chi connectivity index (χ2v) is 17.7. The number of hydrogen-bond acceptors (Lipinski definition) is 8. The van der Waals surface area contributed by atoms with E-state index in [0.717, 1.165) is 83.5 Å². The quantitative estimate of drug-likeness (QED) is 0.0200. The van der Waals surface area contributed by atoms with Crippen LogP contribution in [0, 0.1) is 0 Å². The van der Waals surface area contributed by atoms with Gasteiger partial charge in [0.1, 0.15) is 12.7 Å². The number of aliphatic carboxylic acids is 1. The summed E-state index contributed by atoms with van der Waals surface area (Å²) >= 11 is 0. The normalized spacial score (nSPS) is 14.0. The monoisotopic (exact) mass is 882 g/mol. The van der Waals surface area contributed by atoms with Crippen molar-refractivity contribution in [3.8, 4) is 0 Å². The molecule has 61 heavy (non-hydrogen) atoms. The predicted octanol–water partition coefficient (Wildman–Crippen LogP) is 13.0. The summed E-state index contributed by atoms with van der Waals surface area (Å²) < 4.78 is 26.9. The number of unbranched alkanes of at least 4 members (excludes halogenated alkanes) is 23. The summed E-state index contributed by atoms with van der Waals surface area (Å²) in [6.07, 6.45) is 49.8. The third-order valence-corrected chi connectivity index (χ3v) is 11.3. The van der Waals surface area contributed by atoms with Crippen molar-refractivity contribution in [2.24, 2.45) is 0 Å². The molecule has 11 nitrogen and oxygen atoms in total. The van der Waals surface area contributed by atoms with Gasteiger partial charge in [0.05, 0.1) is 13.2 Å². The van der Waals surface area contributed by atoms with E-state index in [9.17, 15) is 34.1 Å². The van der Waals surface area contributed by atoms with Crippen LogP contribution in [0.2, 0.25) is 0 Å². The van der Waals surface area contributed by atoms with E-state index in [1.807, 2.05) is 0 Å². The van der Waals surface area contributed by atoms with Crippen LogP contribution in [0.15, 0.2) is 48.6 Å². The molecule has 0 aliphatic rings. The molecule has 0 spiro atoms. The molecule has 0 fully saturated rings. The molecule has 3 atom stereocenters. The predicted molar refractivity (Wildman–Crippen MR) is 249 cm³/mol. The third kappa shape index (κ3) is 43.9. The highest BCUT2D eigenvalue weighted by molar-refractivity contribution is 7.47. The highest BCUT2D eigenvalue weighted by Gasteiger charge is 2.28. The molecule has 0 bridgehead atoms. The number of carboxylic acid groups (broad SMARTS) is 1. The fraction of sp³-hybridized carbons (Fsp3) is 0.776. The van der Waals surface area contributed by atoms with E-state index in [4.69, 9.17) is 13.8 Å². The Morgan fingerprint density at radius 2 is 0.902 bits per heavy atom. The van der Waals surface area contributed by atoms with E-state index in [-0.39, 0.29) is 12.8 Å². The number of aliphatic hydroxyl groups is 1. The molecule has 0 rings (SSSR count). The second kappa shape index (κ2) is 44.1. The highest BCUT2D eigenvalue weighted by Crippen LogP contribution is 2.43. The number of ether oxygens (including phenoxy) is 1. The first-order chi connectivity index (χ1) is 29.6. The Hall–Kier alpha value is -2.56. The van der Waals surface area contributed by atoms with Crippen molar-refractivity contribution in [1.82, 2.24) is 5.32 Å². The first kappa shape index (κ1) is 58.4. The fourth-order valence-corrected chi connectivity index (χ4v) is 7.32. The number of phosphoric acid groups is 1. The van der Waals surface area contributed by atoms with Crippen molar-refractivity contribution in [2.75, 3.05) is 19.8 Å². The average molecular weight is 882 g/mol. The van der Waals surface area contributed by atoms with Crippen LogP contribution in [0.1, 0.15) is 213 Å². The average Bonchev–Trinajstić information content (AvgIpc) is 3.24. The first-order valence-electron chi connectivity index (χ1n) is 24.2. The molecule has 4 N–H and O–H groups in total. The molecule has 1 amide bonds. The molecule has 0 aromatic heterocycles. The number of aliphatic hydroxyl groups excluding tert-OH is 1. The van der Waals surface area contributed by atoms with Crippen molar-refractivity contribution in [2.45, 2.75) is 225 Å². The summed E-state index contributed by atoms with van der Waals surface area (Å²) in [5.74, 6) is -2.39. The van der Waals surface area contributed by atoms with E-state index in [0.29, 0.717) is 12.8 Å². The maximum Gasteiger partial charge on any atom is 0.472 e. The summed E-state index contributed by atoms with van der Waals surface area (Å²) in [4.78, 5) is 46.0. The van der Waals surface area contributed by atoms with E-state index >= 15 is 0 Å². The Morgan fingerprint density at radius 3 is 1.39 bits per heavy atom. The lowest BCUT2D eigenvalue weighted by atomic mass is 10.1. The Kier molecular flexibility index (Phi) is 42.2. The van der Waals surface area contributed by atoms with Crippen molar-refractivity contribution >= 4 is 25.7 Å². The maximum absolute atomic E-state index is 12.4. The minimum atomic E-state index is -4.76. The number of carbonyl (C=O) groups is 3. The number of nitrogens with one attached hydrogen (secondary N) is 1. The first-order valence-corrected chi connectivity index (χ1v) is 25.7. The fourth-order valence-electron chi connectivity index (χ4n) is 6.55. The van der Waals surface area contributed by atoms with Gasteiger partial charge >= 0.3 is 19.8 Å². The van der Waals surface area contributed by atoms with Crippen LogP contribution < -0.4 is 5.32 Å². The molecule has 0 aliphatic heterocycles. The van der Waals surface area contributed by atoms with Gasteiger partial charge in [0.25, 0.3) is 0 Å². The Bertz CT molecular complexity index is 1220. The van der Waals surface area contributed by atoms with Crippen molar-refractivity contribution in [1.29, 1.82) is 0 Å². The number of carbonyl (C=O) groups excluding carboxylic acids is 2. The molecule has 0 radical (unpaired) electrons. The van der Waals surface area contributed by atoms with Gasteiger partial charge in [-0.15, -0.1) is 0 Å². The number of carboxylic acids is 1. The second-order valence-electron chi connectivity index (χ2n) is 16.3. The van der Waals surface area contributed by atoms with Gasteiger partial charge < -0.3 is 25.2 Å². The smallest absolute Gasteiger partial charge is 0.472 e. The Balaban J connectivity index is 3.89. The standard InChI is InChI=1S/C49H88NO10P/c1-3-5-7-9-11-13-15-17-19-21-22-23-24-25-26-28-30-32-34-36-38-40-47(52)50-46(49(54)55)44-60-61(56,57)59-43-45(51)42-58-48(53)41-39-37-35-33-31-29-27-20-18-16-14-12-10-8-6-4-2/h11,13,17,19-20,22-23,27,45-46,51H,3-10,12,14-16,18,21,24-26,28-44H2,1-2H3,(H,50,52)(H,54,55)(H,56,57)/b13-11-,19-17-,23-22-,27-20-. The number of esters is 1. The highest BCUT2D eigenvalue weighted by atomic mass is 31.2. The maximum atomic E-state index is 12.4. The molecule has 12 heteroatoms. The van der Waals surface area contributed by atoms with Crippen LogP contribution >= 0.6 is 7.82 Å². The van der Waals surface area contributed by atoms with Crippen LogP contribution in [0.25, 0.3) is 0 Å². The molecule has 0 aliphatic carbocycles. The molecule has 0 aromatic rings. The van der Waals surface area contributed by atoms with E-state index in [2.05, 4.69) is 67.8 Å². The number of hydrogen-bond donors (Lipinski definition) is 4. The lowest BCUT2D eigenvalue weighted by molar-refractivity contribution is -0.147. The number of allylic oxidation sites excluding steroid dienone is 8. The molecule has 354 valence electrons. The largest absolute Gasteiger partial charge is 0.480 e. The molecule has 0 heterocycles. The SMILES string of the molecule is CCCCC/C=C\C/C=C\C/C=C\CCCCCCCCCCC(=O)NC(COP(=O)(O)OCC(O)COC(=O)CCCCCCC/C=C\CCCCCCCCC)C(=O)O. The molecule has 0 saturated carbocycles. The van der Waals surface area contributed by atoms with Gasteiger partial charge in [0.15, 0.2) is 6.04 Å². The van der Waals surface area contributed by atoms with Gasteiger partial charge in [-0.25, -0.2) is 9.36 Å². The molecular formula is C49H88NO10P. The Labute approximate surface area is 371 Å². The van der Waals surface area contributed by atoms with Gasteiger partial charge in [-0.1, -0.05) is 172 Å². The van der Waals surface area contributed by atoms with Crippen LogP contribution in [0.5, 0.6) is 0 Å². The van der Waals surface area contributed by atoms with E-state index < -0.39 is 57.6 Å². The third-order valence-electron chi connectivity index (χ3n) is 10.3. The minimum Gasteiger partial charge on any atom is -0.480 e. The van der Waals surface area contributed by atoms with Crippen molar-refractivity contribution in [3.63, 3.8) is 0 Å². The Morgan fingerprint density at radius 1 is 0.525 bits per heavy atom.